The standard InChI is InChI=1S/C14H14ClN3O3/c1-7-11(14(19)20)17-13(16-7)9-5-8(15)6-10-12(9)21-4-3-18(10)2/h5-6H,3-4H2,1-2H3,(H,16,17)(H,19,20). The number of H-pyrrole nitrogens is 1. The lowest BCUT2D eigenvalue weighted by molar-refractivity contribution is 0.0690. The molecule has 0 radical (unpaired) electrons. The smallest absolute Gasteiger partial charge is 0.356 e. The van der Waals surface area contributed by atoms with Crippen molar-refractivity contribution in [1.29, 1.82) is 0 Å². The number of carboxylic acid groups (broad SMARTS) is 1. The van der Waals surface area contributed by atoms with Gasteiger partial charge in [-0.15, -0.1) is 0 Å². The summed E-state index contributed by atoms with van der Waals surface area (Å²) in [6, 6.07) is 3.55. The van der Waals surface area contributed by atoms with Crippen LogP contribution in [0.2, 0.25) is 5.02 Å². The van der Waals surface area contributed by atoms with Gasteiger partial charge in [-0.1, -0.05) is 11.6 Å². The first kappa shape index (κ1) is 13.8. The molecule has 0 bridgehead atoms. The maximum atomic E-state index is 11.1. The number of aryl methyl sites for hydroxylation is 1. The van der Waals surface area contributed by atoms with E-state index in [0.717, 1.165) is 12.2 Å². The van der Waals surface area contributed by atoms with E-state index < -0.39 is 5.97 Å². The molecule has 110 valence electrons. The van der Waals surface area contributed by atoms with Crippen LogP contribution in [0.1, 0.15) is 16.2 Å². The topological polar surface area (TPSA) is 78.5 Å². The zero-order chi connectivity index (χ0) is 15.1. The number of carbonyl (C=O) groups is 1. The number of nitrogens with one attached hydrogen (secondary N) is 1. The van der Waals surface area contributed by atoms with Crippen molar-refractivity contribution in [3.8, 4) is 17.1 Å². The van der Waals surface area contributed by atoms with Crippen LogP contribution in [0.15, 0.2) is 12.1 Å². The van der Waals surface area contributed by atoms with Gasteiger partial charge >= 0.3 is 5.97 Å². The number of aromatic amines is 1. The number of aromatic nitrogens is 2. The van der Waals surface area contributed by atoms with Crippen LogP contribution in [0.5, 0.6) is 5.75 Å². The quantitative estimate of drug-likeness (QED) is 0.891. The Morgan fingerprint density at radius 1 is 1.52 bits per heavy atom. The van der Waals surface area contributed by atoms with Gasteiger partial charge in [0.15, 0.2) is 11.4 Å². The van der Waals surface area contributed by atoms with E-state index >= 15 is 0 Å². The molecular formula is C14H14ClN3O3. The highest BCUT2D eigenvalue weighted by Gasteiger charge is 2.23. The summed E-state index contributed by atoms with van der Waals surface area (Å²) in [6.07, 6.45) is 0. The molecule has 0 unspecified atom stereocenters. The second-order valence-corrected chi connectivity index (χ2v) is 5.37. The lowest BCUT2D eigenvalue weighted by Crippen LogP contribution is -2.29. The third-order valence-corrected chi connectivity index (χ3v) is 3.68. The molecule has 2 aromatic rings. The number of halogens is 1. The molecule has 0 saturated carbocycles. The Labute approximate surface area is 126 Å². The van der Waals surface area contributed by atoms with Crippen molar-refractivity contribution in [3.05, 3.63) is 28.5 Å². The molecule has 0 spiro atoms. The number of ether oxygens (including phenoxy) is 1. The molecule has 1 aromatic carbocycles. The van der Waals surface area contributed by atoms with Crippen LogP contribution in [-0.2, 0) is 0 Å². The molecule has 6 nitrogen and oxygen atoms in total. The Kier molecular flexibility index (Phi) is 3.25. The van der Waals surface area contributed by atoms with Crippen molar-refractivity contribution in [3.63, 3.8) is 0 Å². The lowest BCUT2D eigenvalue weighted by Gasteiger charge is -2.29. The predicted octanol–water partition coefficient (Wildman–Crippen LogP) is 2.57. The van der Waals surface area contributed by atoms with E-state index in [1.165, 1.54) is 0 Å². The van der Waals surface area contributed by atoms with E-state index in [1.54, 1.807) is 13.0 Å². The zero-order valence-corrected chi connectivity index (χ0v) is 12.4. The number of hydrogen-bond donors (Lipinski definition) is 2. The van der Waals surface area contributed by atoms with E-state index in [-0.39, 0.29) is 5.69 Å². The Bertz CT molecular complexity index is 726. The molecular weight excluding hydrogens is 294 g/mol. The van der Waals surface area contributed by atoms with Crippen molar-refractivity contribution < 1.29 is 14.6 Å². The van der Waals surface area contributed by atoms with Gasteiger partial charge in [-0.25, -0.2) is 9.78 Å². The monoisotopic (exact) mass is 307 g/mol. The summed E-state index contributed by atoms with van der Waals surface area (Å²) >= 11 is 6.17. The van der Waals surface area contributed by atoms with E-state index in [1.807, 2.05) is 18.0 Å². The molecule has 2 heterocycles. The number of fused-ring (bicyclic) bond motifs is 1. The average Bonchev–Trinajstić information content (AvgIpc) is 2.81. The predicted molar refractivity (Wildman–Crippen MR) is 79.5 cm³/mol. The summed E-state index contributed by atoms with van der Waals surface area (Å²) in [5.41, 5.74) is 2.03. The average molecular weight is 308 g/mol. The first-order chi connectivity index (χ1) is 9.97. The normalized spacial score (nSPS) is 13.8. The maximum absolute atomic E-state index is 11.1. The number of imidazole rings is 1. The molecule has 3 rings (SSSR count). The minimum Gasteiger partial charge on any atom is -0.489 e. The number of anilines is 1. The van der Waals surface area contributed by atoms with Gasteiger partial charge in [-0.05, 0) is 19.1 Å². The number of carboxylic acids is 1. The summed E-state index contributed by atoms with van der Waals surface area (Å²) in [5, 5.41) is 9.66. The van der Waals surface area contributed by atoms with Gasteiger partial charge in [-0.3, -0.25) is 0 Å². The number of benzene rings is 1. The highest BCUT2D eigenvalue weighted by molar-refractivity contribution is 6.31. The van der Waals surface area contributed by atoms with Crippen molar-refractivity contribution in [1.82, 2.24) is 9.97 Å². The van der Waals surface area contributed by atoms with Crippen LogP contribution in [0, 0.1) is 6.92 Å². The van der Waals surface area contributed by atoms with E-state index in [9.17, 15) is 4.79 Å². The van der Waals surface area contributed by atoms with E-state index in [2.05, 4.69) is 9.97 Å². The Hall–Kier alpha value is -2.21. The molecule has 1 aromatic heterocycles. The van der Waals surface area contributed by atoms with Crippen LogP contribution >= 0.6 is 11.6 Å². The minimum atomic E-state index is -1.07. The van der Waals surface area contributed by atoms with E-state index in [0.29, 0.717) is 34.5 Å². The number of hydrogen-bond acceptors (Lipinski definition) is 4. The van der Waals surface area contributed by atoms with Gasteiger partial charge in [0.1, 0.15) is 12.4 Å². The fraction of sp³-hybridized carbons (Fsp3) is 0.286. The van der Waals surface area contributed by atoms with E-state index in [4.69, 9.17) is 21.4 Å². The van der Waals surface area contributed by atoms with Gasteiger partial charge < -0.3 is 19.7 Å². The second-order valence-electron chi connectivity index (χ2n) is 4.94. The molecule has 21 heavy (non-hydrogen) atoms. The Morgan fingerprint density at radius 2 is 2.29 bits per heavy atom. The van der Waals surface area contributed by atoms with Crippen LogP contribution in [0.4, 0.5) is 5.69 Å². The highest BCUT2D eigenvalue weighted by atomic mass is 35.5. The highest BCUT2D eigenvalue weighted by Crippen LogP contribution is 2.41. The minimum absolute atomic E-state index is 0.00268. The molecule has 7 heteroatoms. The lowest BCUT2D eigenvalue weighted by atomic mass is 10.1. The first-order valence-electron chi connectivity index (χ1n) is 6.45. The zero-order valence-electron chi connectivity index (χ0n) is 11.6. The molecule has 0 saturated heterocycles. The molecule has 0 amide bonds. The number of rotatable bonds is 2. The molecule has 2 N–H and O–H groups in total. The molecule has 0 aliphatic carbocycles. The number of likely N-dealkylation sites (N-methyl/N-ethyl adjacent to an activating group) is 1. The fourth-order valence-corrected chi connectivity index (χ4v) is 2.60. The second kappa shape index (κ2) is 4.96. The van der Waals surface area contributed by atoms with Crippen LogP contribution < -0.4 is 9.64 Å². The third-order valence-electron chi connectivity index (χ3n) is 3.46. The van der Waals surface area contributed by atoms with Crippen molar-refractivity contribution in [2.24, 2.45) is 0 Å². The van der Waals surface area contributed by atoms with Crippen LogP contribution in [0.3, 0.4) is 0 Å². The van der Waals surface area contributed by atoms with Gasteiger partial charge in [0.05, 0.1) is 17.8 Å². The van der Waals surface area contributed by atoms with Gasteiger partial charge in [0.25, 0.3) is 0 Å². The first-order valence-corrected chi connectivity index (χ1v) is 6.83. The number of nitrogens with zero attached hydrogens (tertiary/aromatic N) is 2. The molecule has 0 atom stereocenters. The van der Waals surface area contributed by atoms with Gasteiger partial charge in [0.2, 0.25) is 0 Å². The Balaban J connectivity index is 2.19. The van der Waals surface area contributed by atoms with Gasteiger partial charge in [-0.2, -0.15) is 0 Å². The van der Waals surface area contributed by atoms with Crippen molar-refractivity contribution in [2.75, 3.05) is 25.1 Å². The van der Waals surface area contributed by atoms with Gasteiger partial charge in [0, 0.05) is 17.8 Å². The summed E-state index contributed by atoms with van der Waals surface area (Å²) in [4.78, 5) is 20.3. The van der Waals surface area contributed by atoms with Crippen LogP contribution in [0.25, 0.3) is 11.4 Å². The molecule has 0 fully saturated rings. The SMILES string of the molecule is Cc1[nH]c(-c2cc(Cl)cc3c2OCCN3C)nc1C(=O)O. The van der Waals surface area contributed by atoms with Crippen molar-refractivity contribution >= 4 is 23.3 Å². The Morgan fingerprint density at radius 3 is 2.95 bits per heavy atom. The largest absolute Gasteiger partial charge is 0.489 e. The van der Waals surface area contributed by atoms with Crippen molar-refractivity contribution in [2.45, 2.75) is 6.92 Å². The summed E-state index contributed by atoms with van der Waals surface area (Å²) in [5.74, 6) is 0.0433. The number of aromatic carboxylic acids is 1. The third kappa shape index (κ3) is 2.31. The molecule has 1 aliphatic rings. The van der Waals surface area contributed by atoms with Crippen LogP contribution in [-0.4, -0.2) is 41.2 Å². The summed E-state index contributed by atoms with van der Waals surface area (Å²) in [7, 11) is 1.96. The maximum Gasteiger partial charge on any atom is 0.356 e. The molecule has 1 aliphatic heterocycles. The summed E-state index contributed by atoms with van der Waals surface area (Å²) in [6.45, 7) is 3.00. The fourth-order valence-electron chi connectivity index (χ4n) is 2.39. The summed E-state index contributed by atoms with van der Waals surface area (Å²) < 4.78 is 5.74.